The highest BCUT2D eigenvalue weighted by Gasteiger charge is 2.01. The molecule has 0 spiro atoms. The van der Waals surface area contributed by atoms with E-state index in [-0.39, 0.29) is 12.3 Å². The lowest BCUT2D eigenvalue weighted by atomic mass is 10.3. The molecule has 0 bridgehead atoms. The van der Waals surface area contributed by atoms with Gasteiger partial charge in [0.25, 0.3) is 0 Å². The van der Waals surface area contributed by atoms with Gasteiger partial charge in [0.1, 0.15) is 0 Å². The molecule has 1 rings (SSSR count). The Balaban J connectivity index is 2.67. The van der Waals surface area contributed by atoms with E-state index < -0.39 is 0 Å². The number of aromatic nitrogens is 1. The van der Waals surface area contributed by atoms with Crippen LogP contribution in [0, 0.1) is 0 Å². The fraction of sp³-hybridized carbons (Fsp3) is 0.200. The van der Waals surface area contributed by atoms with Crippen molar-refractivity contribution in [3.05, 3.63) is 15.5 Å². The van der Waals surface area contributed by atoms with Gasteiger partial charge in [0.2, 0.25) is 5.91 Å². The van der Waals surface area contributed by atoms with E-state index in [0.717, 1.165) is 0 Å². The molecule has 0 aliphatic carbocycles. The summed E-state index contributed by atoms with van der Waals surface area (Å²) in [6.45, 7) is 0. The number of rotatable bonds is 2. The van der Waals surface area contributed by atoms with Crippen molar-refractivity contribution in [3.63, 3.8) is 0 Å². The van der Waals surface area contributed by atoms with Gasteiger partial charge in [-0.25, -0.2) is 4.98 Å². The third-order valence-corrected chi connectivity index (χ3v) is 1.91. The molecule has 54 valence electrons. The number of thiazole rings is 1. The second kappa shape index (κ2) is 2.98. The van der Waals surface area contributed by atoms with Crippen LogP contribution in [-0.2, 0) is 11.2 Å². The van der Waals surface area contributed by atoms with E-state index in [9.17, 15) is 4.79 Å². The molecule has 0 unspecified atom stereocenters. The zero-order valence-corrected chi connectivity index (χ0v) is 6.58. The number of carbonyl (C=O) groups excluding carboxylic acids is 1. The highest BCUT2D eigenvalue weighted by molar-refractivity contribution is 7.13. The van der Waals surface area contributed by atoms with E-state index in [0.29, 0.717) is 10.2 Å². The molecule has 0 saturated carbocycles. The standard InChI is InChI=1S/C5H5ClN2OS/c6-5-8-3(2-10-5)1-4(7)9/h2H,1H2,(H2,7,9). The number of hydrogen-bond acceptors (Lipinski definition) is 3. The lowest BCUT2D eigenvalue weighted by Gasteiger charge is -1.85. The molecule has 1 amide bonds. The molecule has 0 aliphatic rings. The molecule has 0 atom stereocenters. The molecular weight excluding hydrogens is 172 g/mol. The maximum Gasteiger partial charge on any atom is 0.223 e. The molecule has 0 saturated heterocycles. The summed E-state index contributed by atoms with van der Waals surface area (Å²) in [7, 11) is 0. The Labute approximate surface area is 66.8 Å². The van der Waals surface area contributed by atoms with Gasteiger partial charge in [-0.15, -0.1) is 11.3 Å². The Hall–Kier alpha value is -0.610. The molecule has 0 aliphatic heterocycles. The Bertz CT molecular complexity index is 248. The maximum absolute atomic E-state index is 10.3. The smallest absolute Gasteiger partial charge is 0.223 e. The van der Waals surface area contributed by atoms with Crippen molar-refractivity contribution in [2.45, 2.75) is 6.42 Å². The van der Waals surface area contributed by atoms with E-state index >= 15 is 0 Å². The summed E-state index contributed by atoms with van der Waals surface area (Å²) in [6, 6.07) is 0. The summed E-state index contributed by atoms with van der Waals surface area (Å²) in [5.41, 5.74) is 5.56. The van der Waals surface area contributed by atoms with E-state index in [1.54, 1.807) is 5.38 Å². The van der Waals surface area contributed by atoms with Gasteiger partial charge in [-0.1, -0.05) is 11.6 Å². The van der Waals surface area contributed by atoms with Crippen LogP contribution in [0.1, 0.15) is 5.69 Å². The van der Waals surface area contributed by atoms with Gasteiger partial charge in [-0.3, -0.25) is 4.79 Å². The van der Waals surface area contributed by atoms with Gasteiger partial charge in [-0.05, 0) is 0 Å². The Kier molecular flexibility index (Phi) is 2.24. The third-order valence-electron chi connectivity index (χ3n) is 0.879. The van der Waals surface area contributed by atoms with Gasteiger partial charge >= 0.3 is 0 Å². The van der Waals surface area contributed by atoms with Crippen LogP contribution in [0.5, 0.6) is 0 Å². The van der Waals surface area contributed by atoms with E-state index in [1.807, 2.05) is 0 Å². The minimum Gasteiger partial charge on any atom is -0.369 e. The van der Waals surface area contributed by atoms with Crippen molar-refractivity contribution in [2.24, 2.45) is 5.73 Å². The average Bonchev–Trinajstić information content (AvgIpc) is 2.13. The SMILES string of the molecule is NC(=O)Cc1csc(Cl)n1. The first kappa shape index (κ1) is 7.50. The second-order valence-electron chi connectivity index (χ2n) is 1.73. The van der Waals surface area contributed by atoms with E-state index in [4.69, 9.17) is 17.3 Å². The largest absolute Gasteiger partial charge is 0.369 e. The van der Waals surface area contributed by atoms with Crippen molar-refractivity contribution in [1.29, 1.82) is 0 Å². The number of primary amides is 1. The van der Waals surface area contributed by atoms with Gasteiger partial charge in [0, 0.05) is 5.38 Å². The summed E-state index contributed by atoms with van der Waals surface area (Å²) in [5.74, 6) is -0.387. The van der Waals surface area contributed by atoms with Crippen molar-refractivity contribution in [2.75, 3.05) is 0 Å². The molecule has 0 radical (unpaired) electrons. The van der Waals surface area contributed by atoms with Crippen LogP contribution in [0.3, 0.4) is 0 Å². The van der Waals surface area contributed by atoms with Crippen LogP contribution < -0.4 is 5.73 Å². The Morgan fingerprint density at radius 1 is 1.90 bits per heavy atom. The fourth-order valence-corrected chi connectivity index (χ4v) is 1.32. The number of hydrogen-bond donors (Lipinski definition) is 1. The normalized spacial score (nSPS) is 9.70. The molecule has 1 heterocycles. The number of carbonyl (C=O) groups is 1. The number of amides is 1. The summed E-state index contributed by atoms with van der Waals surface area (Å²) >= 11 is 6.79. The van der Waals surface area contributed by atoms with Gasteiger partial charge < -0.3 is 5.73 Å². The molecule has 0 fully saturated rings. The third kappa shape index (κ3) is 1.97. The summed E-state index contributed by atoms with van der Waals surface area (Å²) in [4.78, 5) is 14.2. The van der Waals surface area contributed by atoms with Crippen LogP contribution in [0.4, 0.5) is 0 Å². The van der Waals surface area contributed by atoms with Crippen LogP contribution >= 0.6 is 22.9 Å². The topological polar surface area (TPSA) is 56.0 Å². The molecular formula is C5H5ClN2OS. The zero-order valence-electron chi connectivity index (χ0n) is 5.00. The number of halogens is 1. The first-order chi connectivity index (χ1) is 4.68. The van der Waals surface area contributed by atoms with Crippen molar-refractivity contribution >= 4 is 28.8 Å². The van der Waals surface area contributed by atoms with Gasteiger partial charge in [0.05, 0.1) is 12.1 Å². The van der Waals surface area contributed by atoms with Crippen molar-refractivity contribution < 1.29 is 4.79 Å². The van der Waals surface area contributed by atoms with Crippen LogP contribution in [0.15, 0.2) is 5.38 Å². The molecule has 1 aromatic rings. The van der Waals surface area contributed by atoms with Crippen LogP contribution in [0.25, 0.3) is 0 Å². The quantitative estimate of drug-likeness (QED) is 0.726. The first-order valence-corrected chi connectivity index (χ1v) is 3.82. The molecule has 10 heavy (non-hydrogen) atoms. The summed E-state index contributed by atoms with van der Waals surface area (Å²) in [5, 5.41) is 1.72. The van der Waals surface area contributed by atoms with Crippen LogP contribution in [0.2, 0.25) is 4.47 Å². The lowest BCUT2D eigenvalue weighted by molar-refractivity contribution is -0.117. The fourth-order valence-electron chi connectivity index (χ4n) is 0.542. The Morgan fingerprint density at radius 2 is 2.60 bits per heavy atom. The molecule has 5 heteroatoms. The average molecular weight is 177 g/mol. The van der Waals surface area contributed by atoms with Crippen molar-refractivity contribution in [1.82, 2.24) is 4.98 Å². The zero-order chi connectivity index (χ0) is 7.56. The molecule has 0 aromatic carbocycles. The van der Waals surface area contributed by atoms with Crippen molar-refractivity contribution in [3.8, 4) is 0 Å². The first-order valence-electron chi connectivity index (χ1n) is 2.56. The minimum atomic E-state index is -0.387. The predicted octanol–water partition coefficient (Wildman–Crippen LogP) is 0.824. The molecule has 2 N–H and O–H groups in total. The number of nitrogens with two attached hydrogens (primary N) is 1. The van der Waals surface area contributed by atoms with E-state index in [1.165, 1.54) is 11.3 Å². The monoisotopic (exact) mass is 176 g/mol. The van der Waals surface area contributed by atoms with E-state index in [2.05, 4.69) is 4.98 Å². The van der Waals surface area contributed by atoms with Gasteiger partial charge in [-0.2, -0.15) is 0 Å². The summed E-state index contributed by atoms with van der Waals surface area (Å²) < 4.78 is 0.441. The highest BCUT2D eigenvalue weighted by atomic mass is 35.5. The highest BCUT2D eigenvalue weighted by Crippen LogP contribution is 2.14. The molecule has 1 aromatic heterocycles. The lowest BCUT2D eigenvalue weighted by Crippen LogP contribution is -2.13. The molecule has 3 nitrogen and oxygen atoms in total. The van der Waals surface area contributed by atoms with Gasteiger partial charge in [0.15, 0.2) is 4.47 Å². The van der Waals surface area contributed by atoms with Crippen LogP contribution in [-0.4, -0.2) is 10.9 Å². The summed E-state index contributed by atoms with van der Waals surface area (Å²) in [6.07, 6.45) is 0.170. The second-order valence-corrected chi connectivity index (χ2v) is 3.18. The predicted molar refractivity (Wildman–Crippen MR) is 40.0 cm³/mol. The maximum atomic E-state index is 10.3. The Morgan fingerprint density at radius 3 is 3.00 bits per heavy atom. The number of nitrogens with zero attached hydrogens (tertiary/aromatic N) is 1. The minimum absolute atomic E-state index is 0.170.